The fraction of sp³-hybridized carbons (Fsp3) is 0.333. The third-order valence-corrected chi connectivity index (χ3v) is 3.50. The lowest BCUT2D eigenvalue weighted by Gasteiger charge is -2.16. The fourth-order valence-electron chi connectivity index (χ4n) is 1.57. The normalized spacial score (nSPS) is 14.4. The molecule has 0 fully saturated rings. The lowest BCUT2D eigenvalue weighted by atomic mass is 10.0. The molecule has 1 heterocycles. The number of aliphatic hydroxyl groups excluding tert-OH is 1. The first-order valence-corrected chi connectivity index (χ1v) is 6.33. The van der Waals surface area contributed by atoms with E-state index in [9.17, 15) is 9.50 Å². The Kier molecular flexibility index (Phi) is 4.00. The molecule has 2 atom stereocenters. The SMILES string of the molecule is Cc1nnc(-c2ccc([C@@H](O)[C@H](N)CF)cc2)s1. The van der Waals surface area contributed by atoms with E-state index < -0.39 is 18.8 Å². The summed E-state index contributed by atoms with van der Waals surface area (Å²) in [6.45, 7) is 1.14. The summed E-state index contributed by atoms with van der Waals surface area (Å²) in [6, 6.07) is 6.21. The van der Waals surface area contributed by atoms with Crippen molar-refractivity contribution in [2.24, 2.45) is 5.73 Å². The molecular formula is C12H14FN3OS. The minimum absolute atomic E-state index is 0.602. The molecule has 1 aromatic heterocycles. The van der Waals surface area contributed by atoms with Gasteiger partial charge in [0.1, 0.15) is 16.7 Å². The van der Waals surface area contributed by atoms with Gasteiger partial charge in [0, 0.05) is 5.56 Å². The monoisotopic (exact) mass is 267 g/mol. The van der Waals surface area contributed by atoms with Crippen molar-refractivity contribution in [2.45, 2.75) is 19.1 Å². The summed E-state index contributed by atoms with van der Waals surface area (Å²) in [5, 5.41) is 19.5. The van der Waals surface area contributed by atoms with Crippen LogP contribution < -0.4 is 5.73 Å². The minimum Gasteiger partial charge on any atom is -0.387 e. The number of hydrogen-bond donors (Lipinski definition) is 2. The van der Waals surface area contributed by atoms with Crippen LogP contribution in [0.15, 0.2) is 24.3 Å². The van der Waals surface area contributed by atoms with E-state index in [0.29, 0.717) is 5.56 Å². The summed E-state index contributed by atoms with van der Waals surface area (Å²) in [5.74, 6) is 0. The lowest BCUT2D eigenvalue weighted by Crippen LogP contribution is -2.30. The number of halogens is 1. The van der Waals surface area contributed by atoms with Gasteiger partial charge in [-0.05, 0) is 12.5 Å². The van der Waals surface area contributed by atoms with Gasteiger partial charge in [-0.2, -0.15) is 0 Å². The van der Waals surface area contributed by atoms with Crippen LogP contribution in [0.4, 0.5) is 4.39 Å². The molecule has 0 amide bonds. The Bertz CT molecular complexity index is 514. The Morgan fingerprint density at radius 3 is 2.50 bits per heavy atom. The molecule has 0 saturated heterocycles. The van der Waals surface area contributed by atoms with Gasteiger partial charge in [-0.3, -0.25) is 0 Å². The molecule has 0 aliphatic rings. The van der Waals surface area contributed by atoms with Crippen molar-refractivity contribution >= 4 is 11.3 Å². The molecule has 2 rings (SSSR count). The highest BCUT2D eigenvalue weighted by molar-refractivity contribution is 7.14. The van der Waals surface area contributed by atoms with Crippen LogP contribution in [0, 0.1) is 6.92 Å². The molecule has 18 heavy (non-hydrogen) atoms. The Labute approximate surface area is 108 Å². The molecule has 0 unspecified atom stereocenters. The van der Waals surface area contributed by atoms with Gasteiger partial charge < -0.3 is 10.8 Å². The lowest BCUT2D eigenvalue weighted by molar-refractivity contribution is 0.132. The number of hydrogen-bond acceptors (Lipinski definition) is 5. The summed E-state index contributed by atoms with van der Waals surface area (Å²) in [7, 11) is 0. The van der Waals surface area contributed by atoms with Crippen LogP contribution in [0.25, 0.3) is 10.6 Å². The molecule has 0 aliphatic carbocycles. The molecule has 4 nitrogen and oxygen atoms in total. The average molecular weight is 267 g/mol. The maximum Gasteiger partial charge on any atom is 0.147 e. The van der Waals surface area contributed by atoms with Crippen LogP contribution in [-0.2, 0) is 0 Å². The highest BCUT2D eigenvalue weighted by atomic mass is 32.1. The number of aromatic nitrogens is 2. The maximum absolute atomic E-state index is 12.4. The summed E-state index contributed by atoms with van der Waals surface area (Å²) in [4.78, 5) is 0. The largest absolute Gasteiger partial charge is 0.387 e. The van der Waals surface area contributed by atoms with Gasteiger partial charge in [-0.1, -0.05) is 35.6 Å². The van der Waals surface area contributed by atoms with Crippen molar-refractivity contribution in [1.29, 1.82) is 0 Å². The summed E-state index contributed by atoms with van der Waals surface area (Å²) in [5.41, 5.74) is 6.98. The predicted octanol–water partition coefficient (Wildman–Crippen LogP) is 1.84. The quantitative estimate of drug-likeness (QED) is 0.886. The topological polar surface area (TPSA) is 72.0 Å². The molecule has 96 valence electrons. The van der Waals surface area contributed by atoms with E-state index in [1.54, 1.807) is 12.1 Å². The Morgan fingerprint density at radius 1 is 1.33 bits per heavy atom. The van der Waals surface area contributed by atoms with Crippen LogP contribution in [0.1, 0.15) is 16.7 Å². The molecular weight excluding hydrogens is 253 g/mol. The number of alkyl halides is 1. The smallest absolute Gasteiger partial charge is 0.147 e. The zero-order valence-electron chi connectivity index (χ0n) is 9.88. The molecule has 0 aliphatic heterocycles. The second kappa shape index (κ2) is 5.51. The van der Waals surface area contributed by atoms with E-state index in [1.165, 1.54) is 11.3 Å². The number of rotatable bonds is 4. The zero-order valence-corrected chi connectivity index (χ0v) is 10.7. The first kappa shape index (κ1) is 13.1. The van der Waals surface area contributed by atoms with Gasteiger partial charge in [0.25, 0.3) is 0 Å². The van der Waals surface area contributed by atoms with Crippen LogP contribution >= 0.6 is 11.3 Å². The van der Waals surface area contributed by atoms with Gasteiger partial charge in [0.05, 0.1) is 12.1 Å². The van der Waals surface area contributed by atoms with Crippen LogP contribution in [0.3, 0.4) is 0 Å². The van der Waals surface area contributed by atoms with E-state index in [2.05, 4.69) is 10.2 Å². The van der Waals surface area contributed by atoms with Gasteiger partial charge >= 0.3 is 0 Å². The molecule has 0 spiro atoms. The summed E-state index contributed by atoms with van der Waals surface area (Å²) in [6.07, 6.45) is -0.986. The molecule has 0 saturated carbocycles. The van der Waals surface area contributed by atoms with Crippen molar-refractivity contribution in [3.63, 3.8) is 0 Å². The zero-order chi connectivity index (χ0) is 13.1. The Morgan fingerprint density at radius 2 is 2.00 bits per heavy atom. The van der Waals surface area contributed by atoms with E-state index in [4.69, 9.17) is 5.73 Å². The standard InChI is InChI=1S/C12H14FN3OS/c1-7-15-16-12(18-7)9-4-2-8(3-5-9)11(17)10(14)6-13/h2-5,10-11,17H,6,14H2,1H3/t10-,11-/m1/s1. The van der Waals surface area contributed by atoms with Crippen molar-refractivity contribution in [1.82, 2.24) is 10.2 Å². The van der Waals surface area contributed by atoms with E-state index in [-0.39, 0.29) is 0 Å². The Balaban J connectivity index is 2.20. The van der Waals surface area contributed by atoms with Gasteiger partial charge in [-0.25, -0.2) is 4.39 Å². The fourth-order valence-corrected chi connectivity index (χ4v) is 2.26. The van der Waals surface area contributed by atoms with Gasteiger partial charge in [-0.15, -0.1) is 10.2 Å². The van der Waals surface area contributed by atoms with Crippen LogP contribution in [-0.4, -0.2) is 28.0 Å². The first-order chi connectivity index (χ1) is 8.61. The third-order valence-electron chi connectivity index (χ3n) is 2.61. The van der Waals surface area contributed by atoms with Crippen molar-refractivity contribution in [3.05, 3.63) is 34.8 Å². The van der Waals surface area contributed by atoms with E-state index >= 15 is 0 Å². The second-order valence-corrected chi connectivity index (χ2v) is 5.19. The van der Waals surface area contributed by atoms with Crippen LogP contribution in [0.5, 0.6) is 0 Å². The average Bonchev–Trinajstić information content (AvgIpc) is 2.84. The molecule has 1 aromatic carbocycles. The molecule has 2 aromatic rings. The predicted molar refractivity (Wildman–Crippen MR) is 69.0 cm³/mol. The van der Waals surface area contributed by atoms with Gasteiger partial charge in [0.2, 0.25) is 0 Å². The van der Waals surface area contributed by atoms with Gasteiger partial charge in [0.15, 0.2) is 0 Å². The number of aryl methyl sites for hydroxylation is 1. The van der Waals surface area contributed by atoms with Crippen molar-refractivity contribution < 1.29 is 9.50 Å². The highest BCUT2D eigenvalue weighted by Gasteiger charge is 2.16. The molecule has 0 radical (unpaired) electrons. The van der Waals surface area contributed by atoms with Crippen molar-refractivity contribution in [3.8, 4) is 10.6 Å². The highest BCUT2D eigenvalue weighted by Crippen LogP contribution is 2.25. The number of nitrogens with two attached hydrogens (primary N) is 1. The van der Waals surface area contributed by atoms with Crippen LogP contribution in [0.2, 0.25) is 0 Å². The molecule has 6 heteroatoms. The molecule has 3 N–H and O–H groups in total. The molecule has 0 bridgehead atoms. The Hall–Kier alpha value is -1.37. The summed E-state index contributed by atoms with van der Waals surface area (Å²) < 4.78 is 12.4. The summed E-state index contributed by atoms with van der Waals surface area (Å²) >= 11 is 1.50. The van der Waals surface area contributed by atoms with E-state index in [1.807, 2.05) is 19.1 Å². The second-order valence-electron chi connectivity index (χ2n) is 4.01. The van der Waals surface area contributed by atoms with Crippen molar-refractivity contribution in [2.75, 3.05) is 6.67 Å². The third kappa shape index (κ3) is 2.72. The number of aliphatic hydroxyl groups is 1. The first-order valence-electron chi connectivity index (χ1n) is 5.52. The minimum atomic E-state index is -0.986. The van der Waals surface area contributed by atoms with E-state index in [0.717, 1.165) is 15.6 Å². The number of benzene rings is 1. The maximum atomic E-state index is 12.4. The number of nitrogens with zero attached hydrogens (tertiary/aromatic N) is 2.